The van der Waals surface area contributed by atoms with E-state index in [-0.39, 0.29) is 11.3 Å². The van der Waals surface area contributed by atoms with Crippen molar-refractivity contribution in [3.05, 3.63) is 35.4 Å². The van der Waals surface area contributed by atoms with Gasteiger partial charge >= 0.3 is 0 Å². The summed E-state index contributed by atoms with van der Waals surface area (Å²) in [5.74, 6) is 0.676. The number of hydrogen-bond acceptors (Lipinski definition) is 1. The molecule has 0 heterocycles. The average molecular weight is 260 g/mol. The lowest BCUT2D eigenvalue weighted by atomic mass is 9.86. The van der Waals surface area contributed by atoms with Crippen molar-refractivity contribution in [3.63, 3.8) is 0 Å². The Morgan fingerprint density at radius 2 is 1.68 bits per heavy atom. The van der Waals surface area contributed by atoms with Gasteiger partial charge < -0.3 is 4.79 Å². The van der Waals surface area contributed by atoms with Crippen LogP contribution in [0.15, 0.2) is 24.3 Å². The molecule has 1 atom stereocenters. The Morgan fingerprint density at radius 1 is 1.11 bits per heavy atom. The first-order valence-corrected chi connectivity index (χ1v) is 7.39. The molecule has 0 aliphatic heterocycles. The Hall–Kier alpha value is -1.11. The first-order valence-electron chi connectivity index (χ1n) is 7.39. The van der Waals surface area contributed by atoms with E-state index in [9.17, 15) is 4.79 Å². The largest absolute Gasteiger partial charge is 0.303 e. The zero-order chi connectivity index (χ0) is 14.5. The van der Waals surface area contributed by atoms with Crippen LogP contribution in [0.2, 0.25) is 0 Å². The number of carbonyl (C=O) groups excluding carboxylic acids is 1. The van der Waals surface area contributed by atoms with Crippen molar-refractivity contribution < 1.29 is 4.79 Å². The van der Waals surface area contributed by atoms with Gasteiger partial charge in [0.2, 0.25) is 0 Å². The Balaban J connectivity index is 2.48. The molecule has 0 saturated carbocycles. The molecule has 19 heavy (non-hydrogen) atoms. The highest BCUT2D eigenvalue weighted by Gasteiger charge is 2.13. The first-order chi connectivity index (χ1) is 8.84. The summed E-state index contributed by atoms with van der Waals surface area (Å²) in [7, 11) is 0. The van der Waals surface area contributed by atoms with Gasteiger partial charge in [-0.1, -0.05) is 58.9 Å². The van der Waals surface area contributed by atoms with Crippen molar-refractivity contribution in [1.82, 2.24) is 0 Å². The third-order valence-electron chi connectivity index (χ3n) is 3.85. The topological polar surface area (TPSA) is 17.1 Å². The molecule has 0 amide bonds. The van der Waals surface area contributed by atoms with E-state index in [1.54, 1.807) is 0 Å². The van der Waals surface area contributed by atoms with E-state index in [1.807, 2.05) is 0 Å². The molecule has 0 aliphatic carbocycles. The van der Waals surface area contributed by atoms with Crippen molar-refractivity contribution in [3.8, 4) is 0 Å². The van der Waals surface area contributed by atoms with Gasteiger partial charge in [-0.25, -0.2) is 0 Å². The quantitative estimate of drug-likeness (QED) is 0.673. The van der Waals surface area contributed by atoms with Gasteiger partial charge in [0.1, 0.15) is 6.29 Å². The van der Waals surface area contributed by atoms with Crippen LogP contribution in [0.25, 0.3) is 0 Å². The lowest BCUT2D eigenvalue weighted by molar-refractivity contribution is -0.112. The molecule has 0 bridgehead atoms. The van der Waals surface area contributed by atoms with Crippen LogP contribution >= 0.6 is 0 Å². The van der Waals surface area contributed by atoms with E-state index < -0.39 is 0 Å². The van der Waals surface area contributed by atoms with Gasteiger partial charge in [0, 0.05) is 5.92 Å². The van der Waals surface area contributed by atoms with Crippen molar-refractivity contribution in [2.75, 3.05) is 0 Å². The van der Waals surface area contributed by atoms with Crippen LogP contribution in [0.4, 0.5) is 0 Å². The SMILES string of the molecule is CC(C)[C@@H](C=O)CCCc1ccc(C(C)(C)C)cc1. The lowest BCUT2D eigenvalue weighted by Gasteiger charge is -2.19. The van der Waals surface area contributed by atoms with Crippen LogP contribution in [0.5, 0.6) is 0 Å². The molecule has 0 radical (unpaired) electrons. The fourth-order valence-corrected chi connectivity index (χ4v) is 2.27. The maximum absolute atomic E-state index is 10.9. The zero-order valence-corrected chi connectivity index (χ0v) is 13.1. The molecular formula is C18H28O. The highest BCUT2D eigenvalue weighted by Crippen LogP contribution is 2.23. The molecule has 0 saturated heterocycles. The number of aryl methyl sites for hydroxylation is 1. The van der Waals surface area contributed by atoms with Gasteiger partial charge in [0.15, 0.2) is 0 Å². The predicted octanol–water partition coefficient (Wildman–Crippen LogP) is 4.78. The van der Waals surface area contributed by atoms with E-state index in [0.717, 1.165) is 25.5 Å². The second-order valence-corrected chi connectivity index (χ2v) is 6.88. The third-order valence-corrected chi connectivity index (χ3v) is 3.85. The molecular weight excluding hydrogens is 232 g/mol. The standard InChI is InChI=1S/C18H28O/c1-14(2)16(13-19)8-6-7-15-9-11-17(12-10-15)18(3,4)5/h9-14,16H,6-8H2,1-5H3/t16-/m1/s1. The Kier molecular flexibility index (Phi) is 5.78. The third kappa shape index (κ3) is 5.18. The van der Waals surface area contributed by atoms with Crippen molar-refractivity contribution in [1.29, 1.82) is 0 Å². The van der Waals surface area contributed by atoms with Crippen LogP contribution < -0.4 is 0 Å². The number of benzene rings is 1. The molecule has 0 spiro atoms. The monoisotopic (exact) mass is 260 g/mol. The highest BCUT2D eigenvalue weighted by atomic mass is 16.1. The summed E-state index contributed by atoms with van der Waals surface area (Å²) in [6.07, 6.45) is 4.29. The van der Waals surface area contributed by atoms with Crippen molar-refractivity contribution in [2.24, 2.45) is 11.8 Å². The molecule has 0 aliphatic rings. The second kappa shape index (κ2) is 6.88. The van der Waals surface area contributed by atoms with Gasteiger partial charge in [0.05, 0.1) is 0 Å². The highest BCUT2D eigenvalue weighted by molar-refractivity contribution is 5.53. The summed E-state index contributed by atoms with van der Waals surface area (Å²) in [4.78, 5) is 10.9. The van der Waals surface area contributed by atoms with Crippen LogP contribution in [0.3, 0.4) is 0 Å². The summed E-state index contributed by atoms with van der Waals surface area (Å²) < 4.78 is 0. The van der Waals surface area contributed by atoms with Crippen LogP contribution in [0.1, 0.15) is 58.6 Å². The number of hydrogen-bond donors (Lipinski definition) is 0. The first kappa shape index (κ1) is 15.9. The molecule has 0 aromatic heterocycles. The normalized spacial score (nSPS) is 13.6. The molecule has 1 heteroatoms. The fraction of sp³-hybridized carbons (Fsp3) is 0.611. The minimum atomic E-state index is 0.217. The van der Waals surface area contributed by atoms with E-state index >= 15 is 0 Å². The number of aldehydes is 1. The van der Waals surface area contributed by atoms with Crippen molar-refractivity contribution >= 4 is 6.29 Å². The van der Waals surface area contributed by atoms with Gasteiger partial charge in [0.25, 0.3) is 0 Å². The fourth-order valence-electron chi connectivity index (χ4n) is 2.27. The van der Waals surface area contributed by atoms with E-state index in [2.05, 4.69) is 58.9 Å². The number of rotatable bonds is 6. The van der Waals surface area contributed by atoms with Gasteiger partial charge in [-0.3, -0.25) is 0 Å². The minimum absolute atomic E-state index is 0.217. The molecule has 1 aromatic rings. The van der Waals surface area contributed by atoms with Gasteiger partial charge in [-0.05, 0) is 41.7 Å². The molecule has 0 fully saturated rings. The molecule has 1 rings (SSSR count). The molecule has 0 unspecified atom stereocenters. The second-order valence-electron chi connectivity index (χ2n) is 6.88. The molecule has 1 nitrogen and oxygen atoms in total. The molecule has 1 aromatic carbocycles. The minimum Gasteiger partial charge on any atom is -0.303 e. The zero-order valence-electron chi connectivity index (χ0n) is 13.1. The summed E-state index contributed by atoms with van der Waals surface area (Å²) in [6.45, 7) is 11.0. The van der Waals surface area contributed by atoms with Crippen molar-refractivity contribution in [2.45, 2.75) is 59.3 Å². The Bertz CT molecular complexity index is 381. The van der Waals surface area contributed by atoms with E-state index in [1.165, 1.54) is 11.1 Å². The average Bonchev–Trinajstić information content (AvgIpc) is 2.33. The lowest BCUT2D eigenvalue weighted by Crippen LogP contribution is -2.11. The maximum Gasteiger partial charge on any atom is 0.123 e. The van der Waals surface area contributed by atoms with Crippen LogP contribution in [-0.2, 0) is 16.6 Å². The maximum atomic E-state index is 10.9. The predicted molar refractivity (Wildman–Crippen MR) is 82.5 cm³/mol. The molecule has 0 N–H and O–H groups in total. The van der Waals surface area contributed by atoms with Crippen LogP contribution in [-0.4, -0.2) is 6.29 Å². The van der Waals surface area contributed by atoms with Crippen LogP contribution in [0, 0.1) is 11.8 Å². The summed E-state index contributed by atoms with van der Waals surface area (Å²) in [6, 6.07) is 8.92. The van der Waals surface area contributed by atoms with Gasteiger partial charge in [-0.2, -0.15) is 0 Å². The van der Waals surface area contributed by atoms with E-state index in [0.29, 0.717) is 5.92 Å². The summed E-state index contributed by atoms with van der Waals surface area (Å²) in [5.41, 5.74) is 2.98. The smallest absolute Gasteiger partial charge is 0.123 e. The summed E-state index contributed by atoms with van der Waals surface area (Å²) in [5, 5.41) is 0. The van der Waals surface area contributed by atoms with E-state index in [4.69, 9.17) is 0 Å². The molecule has 106 valence electrons. The number of carbonyl (C=O) groups is 1. The summed E-state index contributed by atoms with van der Waals surface area (Å²) >= 11 is 0. The van der Waals surface area contributed by atoms with Gasteiger partial charge in [-0.15, -0.1) is 0 Å². The Morgan fingerprint density at radius 3 is 2.11 bits per heavy atom. The Labute approximate surface area is 118 Å².